The van der Waals surface area contributed by atoms with E-state index in [1.54, 1.807) is 0 Å². The van der Waals surface area contributed by atoms with Gasteiger partial charge in [0.05, 0.1) is 26.4 Å². The van der Waals surface area contributed by atoms with Crippen LogP contribution in [0.1, 0.15) is 51.9 Å². The molecule has 0 radical (unpaired) electrons. The van der Waals surface area contributed by atoms with E-state index in [1.807, 2.05) is 0 Å². The van der Waals surface area contributed by atoms with Crippen molar-refractivity contribution in [1.29, 1.82) is 0 Å². The zero-order valence-corrected chi connectivity index (χ0v) is 12.7. The largest absolute Gasteiger partial charge is 0.379 e. The quantitative estimate of drug-likeness (QED) is 0.440. The summed E-state index contributed by atoms with van der Waals surface area (Å²) in [6.45, 7) is 7.17. The van der Waals surface area contributed by atoms with Crippen molar-refractivity contribution >= 4 is 0 Å². The average molecular weight is 275 g/mol. The Morgan fingerprint density at radius 3 is 1.63 bits per heavy atom. The van der Waals surface area contributed by atoms with E-state index in [0.29, 0.717) is 33.0 Å². The van der Waals surface area contributed by atoms with Crippen LogP contribution >= 0.6 is 0 Å². The van der Waals surface area contributed by atoms with E-state index in [1.165, 1.54) is 38.5 Å². The predicted molar refractivity (Wildman–Crippen MR) is 79.5 cm³/mol. The summed E-state index contributed by atoms with van der Waals surface area (Å²) in [7, 11) is 0. The van der Waals surface area contributed by atoms with Crippen molar-refractivity contribution in [2.24, 2.45) is 5.73 Å². The molecule has 4 nitrogen and oxygen atoms in total. The Kier molecular flexibility index (Phi) is 17.7. The molecule has 4 heteroatoms. The molecule has 0 aliphatic heterocycles. The smallest absolute Gasteiger partial charge is 0.0701 e. The fraction of sp³-hybridized carbons (Fsp3) is 1.00. The molecule has 2 N–H and O–H groups in total. The van der Waals surface area contributed by atoms with E-state index in [-0.39, 0.29) is 0 Å². The molecular formula is C15H33NO3. The average Bonchev–Trinajstić information content (AvgIpc) is 2.43. The highest BCUT2D eigenvalue weighted by molar-refractivity contribution is 4.43. The first-order chi connectivity index (χ1) is 9.41. The molecule has 0 heterocycles. The summed E-state index contributed by atoms with van der Waals surface area (Å²) in [6.07, 6.45) is 8.76. The second-order valence-electron chi connectivity index (χ2n) is 4.75. The van der Waals surface area contributed by atoms with Crippen LogP contribution in [0.2, 0.25) is 0 Å². The van der Waals surface area contributed by atoms with Gasteiger partial charge in [-0.15, -0.1) is 0 Å². The molecule has 0 aromatic carbocycles. The van der Waals surface area contributed by atoms with Gasteiger partial charge in [-0.3, -0.25) is 0 Å². The Bertz CT molecular complexity index is 140. The van der Waals surface area contributed by atoms with E-state index in [0.717, 1.165) is 19.6 Å². The summed E-state index contributed by atoms with van der Waals surface area (Å²) < 4.78 is 16.2. The lowest BCUT2D eigenvalue weighted by Gasteiger charge is -2.06. The molecule has 0 unspecified atom stereocenters. The Morgan fingerprint density at radius 2 is 1.05 bits per heavy atom. The van der Waals surface area contributed by atoms with Gasteiger partial charge in [-0.25, -0.2) is 0 Å². The molecule has 0 saturated carbocycles. The van der Waals surface area contributed by atoms with E-state index in [9.17, 15) is 0 Å². The Balaban J connectivity index is 2.88. The molecule has 0 aromatic heterocycles. The SMILES string of the molecule is CCCCCCCCOCCOCCOCCCN. The number of unbranched alkanes of at least 4 members (excludes halogenated alkanes) is 5. The van der Waals surface area contributed by atoms with Crippen molar-refractivity contribution in [3.05, 3.63) is 0 Å². The van der Waals surface area contributed by atoms with Crippen LogP contribution in [0.15, 0.2) is 0 Å². The van der Waals surface area contributed by atoms with Crippen molar-refractivity contribution in [1.82, 2.24) is 0 Å². The minimum absolute atomic E-state index is 0.644. The molecule has 0 amide bonds. The number of rotatable bonds is 16. The van der Waals surface area contributed by atoms with Crippen molar-refractivity contribution in [3.63, 3.8) is 0 Å². The lowest BCUT2D eigenvalue weighted by atomic mass is 10.1. The molecule has 0 bridgehead atoms. The number of nitrogens with two attached hydrogens (primary N) is 1. The Morgan fingerprint density at radius 1 is 0.579 bits per heavy atom. The molecule has 0 aromatic rings. The van der Waals surface area contributed by atoms with E-state index in [2.05, 4.69) is 6.92 Å². The second-order valence-corrected chi connectivity index (χ2v) is 4.75. The molecule has 0 atom stereocenters. The fourth-order valence-electron chi connectivity index (χ4n) is 1.71. The highest BCUT2D eigenvalue weighted by atomic mass is 16.5. The van der Waals surface area contributed by atoms with Crippen LogP contribution in [-0.4, -0.2) is 46.2 Å². The summed E-state index contributed by atoms with van der Waals surface area (Å²) in [6, 6.07) is 0. The highest BCUT2D eigenvalue weighted by Crippen LogP contribution is 2.04. The predicted octanol–water partition coefficient (Wildman–Crippen LogP) is 2.75. The number of ether oxygens (including phenoxy) is 3. The van der Waals surface area contributed by atoms with Gasteiger partial charge >= 0.3 is 0 Å². The van der Waals surface area contributed by atoms with E-state index in [4.69, 9.17) is 19.9 Å². The highest BCUT2D eigenvalue weighted by Gasteiger charge is 1.93. The third kappa shape index (κ3) is 17.8. The van der Waals surface area contributed by atoms with Crippen molar-refractivity contribution in [2.75, 3.05) is 46.2 Å². The molecule has 0 aliphatic carbocycles. The van der Waals surface area contributed by atoms with Gasteiger partial charge in [0, 0.05) is 13.2 Å². The van der Waals surface area contributed by atoms with Crippen LogP contribution in [0.4, 0.5) is 0 Å². The topological polar surface area (TPSA) is 53.7 Å². The molecule has 0 rings (SSSR count). The van der Waals surface area contributed by atoms with Gasteiger partial charge in [-0.1, -0.05) is 39.0 Å². The molecule has 0 spiro atoms. The van der Waals surface area contributed by atoms with Crippen LogP contribution in [-0.2, 0) is 14.2 Å². The zero-order valence-electron chi connectivity index (χ0n) is 12.7. The molecule has 0 fully saturated rings. The first-order valence-electron chi connectivity index (χ1n) is 7.85. The van der Waals surface area contributed by atoms with Crippen molar-refractivity contribution < 1.29 is 14.2 Å². The summed E-state index contributed by atoms with van der Waals surface area (Å²) >= 11 is 0. The first kappa shape index (κ1) is 18.8. The second kappa shape index (κ2) is 17.8. The van der Waals surface area contributed by atoms with Gasteiger partial charge in [-0.05, 0) is 19.4 Å². The third-order valence-electron chi connectivity index (χ3n) is 2.88. The zero-order chi connectivity index (χ0) is 14.0. The molecular weight excluding hydrogens is 242 g/mol. The lowest BCUT2D eigenvalue weighted by Crippen LogP contribution is -2.11. The molecule has 19 heavy (non-hydrogen) atoms. The van der Waals surface area contributed by atoms with Gasteiger partial charge in [0.2, 0.25) is 0 Å². The summed E-state index contributed by atoms with van der Waals surface area (Å²) in [5.41, 5.74) is 5.35. The molecule has 116 valence electrons. The van der Waals surface area contributed by atoms with Gasteiger partial charge in [-0.2, -0.15) is 0 Å². The van der Waals surface area contributed by atoms with Crippen LogP contribution in [0.5, 0.6) is 0 Å². The van der Waals surface area contributed by atoms with Crippen LogP contribution < -0.4 is 5.73 Å². The van der Waals surface area contributed by atoms with Gasteiger partial charge in [0.1, 0.15) is 0 Å². The van der Waals surface area contributed by atoms with E-state index >= 15 is 0 Å². The van der Waals surface area contributed by atoms with Crippen molar-refractivity contribution in [3.8, 4) is 0 Å². The van der Waals surface area contributed by atoms with Crippen molar-refractivity contribution in [2.45, 2.75) is 51.9 Å². The fourth-order valence-corrected chi connectivity index (χ4v) is 1.71. The van der Waals surface area contributed by atoms with Gasteiger partial charge in [0.15, 0.2) is 0 Å². The number of hydrogen-bond donors (Lipinski definition) is 1. The van der Waals surface area contributed by atoms with Gasteiger partial charge in [0.25, 0.3) is 0 Å². The maximum Gasteiger partial charge on any atom is 0.0701 e. The van der Waals surface area contributed by atoms with Crippen LogP contribution in [0, 0.1) is 0 Å². The Hall–Kier alpha value is -0.160. The van der Waals surface area contributed by atoms with Gasteiger partial charge < -0.3 is 19.9 Å². The maximum atomic E-state index is 5.50. The molecule has 0 aliphatic rings. The normalized spacial score (nSPS) is 11.1. The monoisotopic (exact) mass is 275 g/mol. The minimum Gasteiger partial charge on any atom is -0.379 e. The van der Waals surface area contributed by atoms with Crippen LogP contribution in [0.25, 0.3) is 0 Å². The maximum absolute atomic E-state index is 5.50. The summed E-state index contributed by atoms with van der Waals surface area (Å²) in [4.78, 5) is 0. The minimum atomic E-state index is 0.644. The molecule has 0 saturated heterocycles. The summed E-state index contributed by atoms with van der Waals surface area (Å²) in [5, 5.41) is 0. The summed E-state index contributed by atoms with van der Waals surface area (Å²) in [5.74, 6) is 0. The first-order valence-corrected chi connectivity index (χ1v) is 7.85. The standard InChI is InChI=1S/C15H33NO3/c1-2-3-4-5-6-7-10-17-12-14-19-15-13-18-11-8-9-16/h2-16H2,1H3. The van der Waals surface area contributed by atoms with E-state index < -0.39 is 0 Å². The third-order valence-corrected chi connectivity index (χ3v) is 2.88. The number of hydrogen-bond acceptors (Lipinski definition) is 4. The lowest BCUT2D eigenvalue weighted by molar-refractivity contribution is 0.0137. The van der Waals surface area contributed by atoms with Crippen LogP contribution in [0.3, 0.4) is 0 Å². The Labute approximate surface area is 119 Å².